The summed E-state index contributed by atoms with van der Waals surface area (Å²) in [6, 6.07) is 11.3. The molecule has 2 aromatic rings. The van der Waals surface area contributed by atoms with Gasteiger partial charge in [-0.15, -0.1) is 0 Å². The van der Waals surface area contributed by atoms with Crippen LogP contribution in [-0.4, -0.2) is 38.3 Å². The third-order valence-corrected chi connectivity index (χ3v) is 6.51. The lowest BCUT2D eigenvalue weighted by molar-refractivity contribution is -0.143. The maximum atomic E-state index is 13.4. The van der Waals surface area contributed by atoms with E-state index in [0.29, 0.717) is 12.2 Å². The van der Waals surface area contributed by atoms with Crippen LogP contribution in [0.25, 0.3) is 0 Å². The summed E-state index contributed by atoms with van der Waals surface area (Å²) in [4.78, 5) is 12.2. The van der Waals surface area contributed by atoms with Gasteiger partial charge in [-0.3, -0.25) is 9.52 Å². The van der Waals surface area contributed by atoms with E-state index in [1.165, 1.54) is 12.1 Å². The van der Waals surface area contributed by atoms with Crippen molar-refractivity contribution in [1.29, 1.82) is 0 Å². The maximum Gasteiger partial charge on any atom is 0.258 e. The molecule has 0 radical (unpaired) electrons. The lowest BCUT2D eigenvalue weighted by atomic mass is 9.44. The number of carbonyl (C=O) groups excluding carboxylic acids is 1. The minimum absolute atomic E-state index is 0.00172. The van der Waals surface area contributed by atoms with Gasteiger partial charge < -0.3 is 15.4 Å². The second-order valence-corrected chi connectivity index (χ2v) is 10.6. The monoisotopic (exact) mass is 467 g/mol. The molecule has 5 rings (SSSR count). The molecule has 3 aliphatic rings. The topological polar surface area (TPSA) is 96.5 Å². The first kappa shape index (κ1) is 21.9. The van der Waals surface area contributed by atoms with E-state index in [1.807, 2.05) is 6.07 Å². The molecule has 2 aromatic carbocycles. The summed E-state index contributed by atoms with van der Waals surface area (Å²) >= 11 is 5.63. The fraction of sp³-hybridized carbons (Fsp3) is 0.381. The number of halogens is 2. The molecule has 0 saturated heterocycles. The summed E-state index contributed by atoms with van der Waals surface area (Å²) in [5, 5.41) is 6.54. The van der Waals surface area contributed by atoms with Crippen LogP contribution in [0.5, 0.6) is 5.75 Å². The zero-order chi connectivity index (χ0) is 22.3. The Morgan fingerprint density at radius 3 is 2.58 bits per heavy atom. The molecule has 3 fully saturated rings. The minimum atomic E-state index is -3.31. The third-order valence-electron chi connectivity index (χ3n) is 5.59. The van der Waals surface area contributed by atoms with Crippen molar-refractivity contribution in [3.63, 3.8) is 0 Å². The summed E-state index contributed by atoms with van der Waals surface area (Å²) in [6.07, 6.45) is 3.58. The second kappa shape index (κ2) is 7.96. The van der Waals surface area contributed by atoms with Crippen molar-refractivity contribution in [2.75, 3.05) is 17.6 Å². The largest absolute Gasteiger partial charge is 0.484 e. The number of sulfonamides is 1. The number of carbonyl (C=O) groups is 1. The minimum Gasteiger partial charge on any atom is -0.484 e. The van der Waals surface area contributed by atoms with Gasteiger partial charge in [-0.25, -0.2) is 12.8 Å². The van der Waals surface area contributed by atoms with Crippen molar-refractivity contribution >= 4 is 33.2 Å². The molecule has 10 heteroatoms. The number of ether oxygens (including phenoxy) is 1. The van der Waals surface area contributed by atoms with E-state index >= 15 is 0 Å². The van der Waals surface area contributed by atoms with Crippen LogP contribution in [0, 0.1) is 5.82 Å². The van der Waals surface area contributed by atoms with Crippen LogP contribution in [0.2, 0.25) is 5.02 Å². The normalized spacial score (nSPS) is 24.0. The number of rotatable bonds is 9. The highest BCUT2D eigenvalue weighted by Gasteiger charge is 2.68. The summed E-state index contributed by atoms with van der Waals surface area (Å²) in [5.74, 6) is -0.590. The smallest absolute Gasteiger partial charge is 0.258 e. The van der Waals surface area contributed by atoms with Crippen LogP contribution in [-0.2, 0) is 21.4 Å². The molecule has 1 amide bonds. The van der Waals surface area contributed by atoms with Crippen LogP contribution in [0.15, 0.2) is 42.5 Å². The molecule has 0 unspecified atom stereocenters. The number of anilines is 1. The fourth-order valence-corrected chi connectivity index (χ4v) is 5.08. The Kier molecular flexibility index (Phi) is 5.61. The molecule has 2 bridgehead atoms. The first-order valence-electron chi connectivity index (χ1n) is 9.76. The van der Waals surface area contributed by atoms with Crippen molar-refractivity contribution in [1.82, 2.24) is 10.6 Å². The van der Waals surface area contributed by atoms with Crippen LogP contribution in [0.3, 0.4) is 0 Å². The highest BCUT2D eigenvalue weighted by Crippen LogP contribution is 2.60. The fourth-order valence-electron chi connectivity index (χ4n) is 4.40. The lowest BCUT2D eigenvalue weighted by Gasteiger charge is -2.70. The van der Waals surface area contributed by atoms with Gasteiger partial charge in [0.2, 0.25) is 10.0 Å². The molecule has 3 aliphatic carbocycles. The number of benzene rings is 2. The molecule has 0 aromatic heterocycles. The van der Waals surface area contributed by atoms with Crippen molar-refractivity contribution in [3.05, 3.63) is 58.9 Å². The zero-order valence-electron chi connectivity index (χ0n) is 16.9. The Balaban J connectivity index is 1.21. The summed E-state index contributed by atoms with van der Waals surface area (Å²) in [7, 11) is -3.31. The van der Waals surface area contributed by atoms with Crippen molar-refractivity contribution < 1.29 is 22.3 Å². The molecule has 0 heterocycles. The van der Waals surface area contributed by atoms with Gasteiger partial charge in [-0.2, -0.15) is 0 Å². The van der Waals surface area contributed by atoms with Gasteiger partial charge in [0.1, 0.15) is 11.6 Å². The van der Waals surface area contributed by atoms with E-state index in [9.17, 15) is 17.6 Å². The van der Waals surface area contributed by atoms with Gasteiger partial charge >= 0.3 is 0 Å². The van der Waals surface area contributed by atoms with Gasteiger partial charge in [-0.1, -0.05) is 23.7 Å². The standard InChI is InChI=1S/C21H23ClFN3O4S/c1-31(28,29)26-15-4-2-3-14(7-15)9-24-20-11-21(12-20,13-20)25-19(27)10-30-16-5-6-17(22)18(23)8-16/h2-8,24,26H,9-13H2,1H3,(H,25,27). The van der Waals surface area contributed by atoms with Crippen molar-refractivity contribution in [3.8, 4) is 5.75 Å². The zero-order valence-corrected chi connectivity index (χ0v) is 18.4. The average Bonchev–Trinajstić information content (AvgIpc) is 2.62. The van der Waals surface area contributed by atoms with Crippen molar-refractivity contribution in [2.24, 2.45) is 0 Å². The van der Waals surface area contributed by atoms with Gasteiger partial charge in [0.15, 0.2) is 6.61 Å². The Morgan fingerprint density at radius 2 is 1.90 bits per heavy atom. The number of hydrogen-bond donors (Lipinski definition) is 3. The number of amides is 1. The van der Waals surface area contributed by atoms with E-state index < -0.39 is 15.8 Å². The summed E-state index contributed by atoms with van der Waals surface area (Å²) in [6.45, 7) is 0.415. The second-order valence-electron chi connectivity index (χ2n) is 8.43. The number of nitrogens with one attached hydrogen (secondary N) is 3. The summed E-state index contributed by atoms with van der Waals surface area (Å²) in [5.41, 5.74) is 1.29. The molecular formula is C21H23ClFN3O4S. The molecule has 166 valence electrons. The molecule has 3 N–H and O–H groups in total. The highest BCUT2D eigenvalue weighted by atomic mass is 35.5. The van der Waals surface area contributed by atoms with Crippen LogP contribution in [0.4, 0.5) is 10.1 Å². The van der Waals surface area contributed by atoms with E-state index in [0.717, 1.165) is 37.1 Å². The quantitative estimate of drug-likeness (QED) is 0.527. The maximum absolute atomic E-state index is 13.4. The summed E-state index contributed by atoms with van der Waals surface area (Å²) < 4.78 is 44.0. The molecule has 0 spiro atoms. The van der Waals surface area contributed by atoms with E-state index in [4.69, 9.17) is 16.3 Å². The molecule has 3 saturated carbocycles. The lowest BCUT2D eigenvalue weighted by Crippen LogP contribution is -2.83. The van der Waals surface area contributed by atoms with Gasteiger partial charge in [-0.05, 0) is 49.1 Å². The van der Waals surface area contributed by atoms with Crippen LogP contribution < -0.4 is 20.1 Å². The average molecular weight is 468 g/mol. The van der Waals surface area contributed by atoms with E-state index in [2.05, 4.69) is 15.4 Å². The Labute approximate surface area is 185 Å². The van der Waals surface area contributed by atoms with Crippen LogP contribution >= 0.6 is 11.6 Å². The molecule has 0 aliphatic heterocycles. The third kappa shape index (κ3) is 5.11. The molecule has 31 heavy (non-hydrogen) atoms. The Hall–Kier alpha value is -2.36. The van der Waals surface area contributed by atoms with Gasteiger partial charge in [0.25, 0.3) is 5.91 Å². The predicted molar refractivity (Wildman–Crippen MR) is 116 cm³/mol. The molecular weight excluding hydrogens is 445 g/mol. The highest BCUT2D eigenvalue weighted by molar-refractivity contribution is 7.92. The van der Waals surface area contributed by atoms with Gasteiger partial charge in [0.05, 0.1) is 11.3 Å². The predicted octanol–water partition coefficient (Wildman–Crippen LogP) is 2.81. The van der Waals surface area contributed by atoms with Crippen molar-refractivity contribution in [2.45, 2.75) is 36.9 Å². The Bertz CT molecular complexity index is 1110. The first-order valence-corrected chi connectivity index (χ1v) is 12.0. The first-order chi connectivity index (χ1) is 14.6. The molecule has 0 atom stereocenters. The van der Waals surface area contributed by atoms with E-state index in [-0.39, 0.29) is 34.4 Å². The molecule has 7 nitrogen and oxygen atoms in total. The SMILES string of the molecule is CS(=O)(=O)Nc1cccc(CNC23CC(NC(=O)COc4ccc(Cl)c(F)c4)(C2)C3)c1. The van der Waals surface area contributed by atoms with Gasteiger partial charge in [0, 0.05) is 29.4 Å². The number of hydrogen-bond acceptors (Lipinski definition) is 5. The Morgan fingerprint density at radius 1 is 1.16 bits per heavy atom. The van der Waals surface area contributed by atoms with Crippen LogP contribution in [0.1, 0.15) is 24.8 Å². The van der Waals surface area contributed by atoms with E-state index in [1.54, 1.807) is 18.2 Å².